The molecule has 1 aromatic carbocycles. The van der Waals surface area contributed by atoms with Crippen LogP contribution in [0.5, 0.6) is 0 Å². The van der Waals surface area contributed by atoms with Crippen LogP contribution in [-0.2, 0) is 35.4 Å². The van der Waals surface area contributed by atoms with E-state index in [1.165, 1.54) is 29.7 Å². The van der Waals surface area contributed by atoms with Gasteiger partial charge in [-0.3, -0.25) is 0 Å². The number of aliphatic hydroxyl groups excluding tert-OH is 1. The molecular formula is C29H33N5O7S2. The first-order valence-electron chi connectivity index (χ1n) is 13.4. The van der Waals surface area contributed by atoms with Crippen molar-refractivity contribution < 1.29 is 32.9 Å². The standard InChI is InChI=1S/C29H33N5O7S2/c30-29(43(38,39)26-6-1-2-12-31-26,20-21-7-9-22(10-8-21)27-32-13-19-42-27)24-4-3-5-25(34-24)33-23(28(36)37)11-15-40-17-18-41-16-14-35/h1-10,12-13,19,23,35H,11,14-18,20,30H2,(H,33,34)(H,36,37). The SMILES string of the molecule is NC(Cc1ccc(-c2nccs2)cc1)(c1cccc(NC(CCOCCOCCO)C(=O)O)n1)S(=O)(=O)c1ccccn1. The fourth-order valence-electron chi connectivity index (χ4n) is 4.22. The molecule has 4 aromatic rings. The largest absolute Gasteiger partial charge is 0.480 e. The van der Waals surface area contributed by atoms with E-state index in [9.17, 15) is 18.3 Å². The molecule has 0 bridgehead atoms. The summed E-state index contributed by atoms with van der Waals surface area (Å²) < 4.78 is 38.6. The first-order chi connectivity index (χ1) is 20.7. The molecular weight excluding hydrogens is 594 g/mol. The molecule has 0 saturated heterocycles. The highest BCUT2D eigenvalue weighted by Gasteiger charge is 2.45. The summed E-state index contributed by atoms with van der Waals surface area (Å²) in [6.45, 7) is 0.738. The summed E-state index contributed by atoms with van der Waals surface area (Å²) >= 11 is 1.49. The fourth-order valence-corrected chi connectivity index (χ4v) is 6.45. The minimum absolute atomic E-state index is 0.0218. The van der Waals surface area contributed by atoms with Gasteiger partial charge in [-0.05, 0) is 29.8 Å². The molecule has 14 heteroatoms. The van der Waals surface area contributed by atoms with E-state index in [2.05, 4.69) is 20.3 Å². The molecule has 12 nitrogen and oxygen atoms in total. The molecule has 3 aromatic heterocycles. The number of anilines is 1. The van der Waals surface area contributed by atoms with Gasteiger partial charge in [-0.25, -0.2) is 28.2 Å². The number of nitrogens with two attached hydrogens (primary N) is 1. The predicted octanol–water partition coefficient (Wildman–Crippen LogP) is 2.71. The summed E-state index contributed by atoms with van der Waals surface area (Å²) in [5.41, 5.74) is 8.36. The van der Waals surface area contributed by atoms with Crippen molar-refractivity contribution >= 4 is 33.0 Å². The summed E-state index contributed by atoms with van der Waals surface area (Å²) in [6, 6.07) is 15.4. The third kappa shape index (κ3) is 8.19. The van der Waals surface area contributed by atoms with Crippen LogP contribution in [-0.4, -0.2) is 78.6 Å². The van der Waals surface area contributed by atoms with Crippen LogP contribution in [0.4, 0.5) is 5.82 Å². The predicted molar refractivity (Wildman–Crippen MR) is 161 cm³/mol. The zero-order valence-electron chi connectivity index (χ0n) is 23.2. The number of benzene rings is 1. The lowest BCUT2D eigenvalue weighted by Crippen LogP contribution is -2.48. The molecule has 0 aliphatic carbocycles. The Bertz CT molecular complexity index is 1560. The summed E-state index contributed by atoms with van der Waals surface area (Å²) in [6.07, 6.45) is 3.06. The first-order valence-corrected chi connectivity index (χ1v) is 15.8. The van der Waals surface area contributed by atoms with Crippen molar-refractivity contribution in [2.24, 2.45) is 5.73 Å². The Morgan fingerprint density at radius 1 is 0.977 bits per heavy atom. The highest BCUT2D eigenvalue weighted by atomic mass is 32.2. The van der Waals surface area contributed by atoms with Gasteiger partial charge in [0.25, 0.3) is 0 Å². The molecule has 0 spiro atoms. The summed E-state index contributed by atoms with van der Waals surface area (Å²) in [5, 5.41) is 23.9. The average Bonchev–Trinajstić information content (AvgIpc) is 3.56. The van der Waals surface area contributed by atoms with Crippen LogP contribution in [0.1, 0.15) is 17.7 Å². The van der Waals surface area contributed by atoms with Crippen molar-refractivity contribution in [1.82, 2.24) is 15.0 Å². The molecule has 0 saturated carbocycles. The molecule has 2 unspecified atom stereocenters. The number of carboxylic acid groups (broad SMARTS) is 1. The molecule has 0 fully saturated rings. The first kappa shape index (κ1) is 32.1. The molecule has 5 N–H and O–H groups in total. The second-order valence-electron chi connectivity index (χ2n) is 9.45. The van der Waals surface area contributed by atoms with Crippen LogP contribution in [0.2, 0.25) is 0 Å². The number of rotatable bonds is 17. The number of nitrogens with one attached hydrogen (secondary N) is 1. The van der Waals surface area contributed by atoms with E-state index in [4.69, 9.17) is 20.3 Å². The van der Waals surface area contributed by atoms with Crippen LogP contribution in [0.25, 0.3) is 10.6 Å². The van der Waals surface area contributed by atoms with Gasteiger partial charge in [-0.1, -0.05) is 36.4 Å². The summed E-state index contributed by atoms with van der Waals surface area (Å²) in [4.78, 5) is 22.8. The quantitative estimate of drug-likeness (QED) is 0.126. The molecule has 43 heavy (non-hydrogen) atoms. The Labute approximate surface area is 253 Å². The molecule has 2 atom stereocenters. The Morgan fingerprint density at radius 2 is 1.74 bits per heavy atom. The van der Waals surface area contributed by atoms with Gasteiger partial charge in [0.2, 0.25) is 9.84 Å². The van der Waals surface area contributed by atoms with Crippen LogP contribution < -0.4 is 11.1 Å². The Morgan fingerprint density at radius 3 is 2.40 bits per heavy atom. The summed E-state index contributed by atoms with van der Waals surface area (Å²) in [7, 11) is -4.29. The number of carbonyl (C=O) groups is 1. The number of sulfone groups is 1. The zero-order valence-corrected chi connectivity index (χ0v) is 24.8. The lowest BCUT2D eigenvalue weighted by Gasteiger charge is -2.29. The van der Waals surface area contributed by atoms with E-state index < -0.39 is 26.7 Å². The number of nitrogens with zero attached hydrogens (tertiary/aromatic N) is 3. The van der Waals surface area contributed by atoms with Crippen LogP contribution in [0.3, 0.4) is 0 Å². The van der Waals surface area contributed by atoms with E-state index in [-0.39, 0.29) is 62.4 Å². The number of ether oxygens (including phenoxy) is 2. The van der Waals surface area contributed by atoms with E-state index in [0.717, 1.165) is 10.6 Å². The molecule has 0 radical (unpaired) electrons. The van der Waals surface area contributed by atoms with Crippen molar-refractivity contribution in [2.45, 2.75) is 28.8 Å². The van der Waals surface area contributed by atoms with Crippen LogP contribution in [0.15, 0.2) is 83.5 Å². The topological polar surface area (TPSA) is 187 Å². The Kier molecular flexibility index (Phi) is 11.3. The molecule has 3 heterocycles. The van der Waals surface area contributed by atoms with Crippen LogP contribution in [0, 0.1) is 0 Å². The van der Waals surface area contributed by atoms with Gasteiger partial charge in [0.1, 0.15) is 16.9 Å². The highest BCUT2D eigenvalue weighted by Crippen LogP contribution is 2.34. The number of aromatic nitrogens is 3. The number of hydrogen-bond donors (Lipinski definition) is 4. The smallest absolute Gasteiger partial charge is 0.326 e. The highest BCUT2D eigenvalue weighted by molar-refractivity contribution is 7.92. The normalized spacial score (nSPS) is 13.7. The van der Waals surface area contributed by atoms with Crippen molar-refractivity contribution in [1.29, 1.82) is 0 Å². The third-order valence-corrected chi connectivity index (χ3v) is 9.38. The molecule has 4 rings (SSSR count). The second kappa shape index (κ2) is 15.1. The van der Waals surface area contributed by atoms with Gasteiger partial charge in [-0.2, -0.15) is 0 Å². The third-order valence-electron chi connectivity index (χ3n) is 6.45. The van der Waals surface area contributed by atoms with Crippen LogP contribution >= 0.6 is 11.3 Å². The Balaban J connectivity index is 1.59. The fraction of sp³-hybridized carbons (Fsp3) is 0.310. The number of aliphatic carboxylic acids is 1. The number of thiazole rings is 1. The molecule has 0 amide bonds. The average molecular weight is 628 g/mol. The zero-order chi connectivity index (χ0) is 30.7. The monoisotopic (exact) mass is 627 g/mol. The van der Waals surface area contributed by atoms with Gasteiger partial charge in [0, 0.05) is 42.8 Å². The van der Waals surface area contributed by atoms with E-state index >= 15 is 0 Å². The number of carboxylic acids is 1. The van der Waals surface area contributed by atoms with E-state index in [1.807, 2.05) is 17.5 Å². The number of hydrogen-bond acceptors (Lipinski definition) is 12. The van der Waals surface area contributed by atoms with E-state index in [0.29, 0.717) is 5.56 Å². The van der Waals surface area contributed by atoms with Crippen molar-refractivity contribution in [3.8, 4) is 10.6 Å². The van der Waals surface area contributed by atoms with Gasteiger partial charge in [0.15, 0.2) is 9.90 Å². The number of pyridine rings is 2. The van der Waals surface area contributed by atoms with Crippen molar-refractivity contribution in [2.75, 3.05) is 38.4 Å². The second-order valence-corrected chi connectivity index (χ2v) is 12.5. The van der Waals surface area contributed by atoms with Crippen molar-refractivity contribution in [3.05, 3.63) is 89.7 Å². The number of aliphatic hydroxyl groups is 1. The molecule has 0 aliphatic rings. The van der Waals surface area contributed by atoms with Gasteiger partial charge >= 0.3 is 5.97 Å². The minimum Gasteiger partial charge on any atom is -0.480 e. The maximum absolute atomic E-state index is 14.0. The minimum atomic E-state index is -4.29. The van der Waals surface area contributed by atoms with E-state index in [1.54, 1.807) is 42.6 Å². The lowest BCUT2D eigenvalue weighted by molar-refractivity contribution is -0.138. The Hall–Kier alpha value is -3.79. The molecule has 0 aliphatic heterocycles. The lowest BCUT2D eigenvalue weighted by atomic mass is 10.0. The summed E-state index contributed by atoms with van der Waals surface area (Å²) in [5.74, 6) is -0.992. The maximum Gasteiger partial charge on any atom is 0.326 e. The van der Waals surface area contributed by atoms with Crippen molar-refractivity contribution in [3.63, 3.8) is 0 Å². The van der Waals surface area contributed by atoms with Gasteiger partial charge < -0.3 is 30.7 Å². The molecule has 228 valence electrons. The maximum atomic E-state index is 14.0. The van der Waals surface area contributed by atoms with Gasteiger partial charge in [-0.15, -0.1) is 11.3 Å². The van der Waals surface area contributed by atoms with Gasteiger partial charge in [0.05, 0.1) is 32.1 Å².